The van der Waals surface area contributed by atoms with Crippen LogP contribution in [0.2, 0.25) is 0 Å². The summed E-state index contributed by atoms with van der Waals surface area (Å²) in [6.07, 6.45) is 2.29. The van der Waals surface area contributed by atoms with E-state index in [1.165, 1.54) is 50.9 Å². The van der Waals surface area contributed by atoms with Crippen LogP contribution in [0.5, 0.6) is 0 Å². The zero-order chi connectivity index (χ0) is 17.1. The summed E-state index contributed by atoms with van der Waals surface area (Å²) in [5.74, 6) is 0. The summed E-state index contributed by atoms with van der Waals surface area (Å²) in [7, 11) is 0. The van der Waals surface area contributed by atoms with Crippen molar-refractivity contribution in [2.75, 3.05) is 0 Å². The quantitative estimate of drug-likeness (QED) is 0.491. The Labute approximate surface area is 146 Å². The molecular formula is C24H26. The van der Waals surface area contributed by atoms with Crippen LogP contribution in [-0.2, 0) is 6.42 Å². The molecule has 0 heteroatoms. The normalized spacial score (nSPS) is 10.8. The molecular weight excluding hydrogens is 288 g/mol. The van der Waals surface area contributed by atoms with Gasteiger partial charge in [-0.2, -0.15) is 0 Å². The summed E-state index contributed by atoms with van der Waals surface area (Å²) in [5.41, 5.74) is 10.8. The number of hydrogen-bond acceptors (Lipinski definition) is 0. The summed E-state index contributed by atoms with van der Waals surface area (Å²) in [4.78, 5) is 0. The van der Waals surface area contributed by atoms with Crippen LogP contribution < -0.4 is 0 Å². The first-order valence-electron chi connectivity index (χ1n) is 8.86. The molecule has 0 saturated carbocycles. The first kappa shape index (κ1) is 16.5. The Morgan fingerprint density at radius 1 is 0.625 bits per heavy atom. The second-order valence-electron chi connectivity index (χ2n) is 6.81. The van der Waals surface area contributed by atoms with E-state index in [1.807, 2.05) is 0 Å². The van der Waals surface area contributed by atoms with E-state index in [0.29, 0.717) is 0 Å². The lowest BCUT2D eigenvalue weighted by Gasteiger charge is -2.15. The van der Waals surface area contributed by atoms with Crippen molar-refractivity contribution in [3.63, 3.8) is 0 Å². The third-order valence-electron chi connectivity index (χ3n) is 4.70. The van der Waals surface area contributed by atoms with Crippen LogP contribution in [0.3, 0.4) is 0 Å². The van der Waals surface area contributed by atoms with Crippen molar-refractivity contribution in [1.82, 2.24) is 0 Å². The Balaban J connectivity index is 2.16. The average molecular weight is 314 g/mol. The second-order valence-corrected chi connectivity index (χ2v) is 6.81. The van der Waals surface area contributed by atoms with Crippen LogP contribution in [0.1, 0.15) is 35.6 Å². The van der Waals surface area contributed by atoms with Crippen LogP contribution in [0.25, 0.3) is 22.3 Å². The fourth-order valence-electron chi connectivity index (χ4n) is 3.27. The molecule has 0 saturated heterocycles. The molecule has 0 aliphatic carbocycles. The van der Waals surface area contributed by atoms with E-state index in [4.69, 9.17) is 0 Å². The van der Waals surface area contributed by atoms with Crippen molar-refractivity contribution < 1.29 is 0 Å². The van der Waals surface area contributed by atoms with Crippen molar-refractivity contribution in [3.8, 4) is 22.3 Å². The Morgan fingerprint density at radius 2 is 1.29 bits per heavy atom. The lowest BCUT2D eigenvalue weighted by atomic mass is 9.90. The van der Waals surface area contributed by atoms with E-state index < -0.39 is 0 Å². The number of benzene rings is 3. The van der Waals surface area contributed by atoms with Crippen LogP contribution in [0.4, 0.5) is 0 Å². The third-order valence-corrected chi connectivity index (χ3v) is 4.70. The van der Waals surface area contributed by atoms with E-state index >= 15 is 0 Å². The lowest BCUT2D eigenvalue weighted by Crippen LogP contribution is -1.94. The molecule has 0 N–H and O–H groups in total. The van der Waals surface area contributed by atoms with Crippen LogP contribution in [0.15, 0.2) is 60.7 Å². The van der Waals surface area contributed by atoms with Gasteiger partial charge in [0.25, 0.3) is 0 Å². The second kappa shape index (κ2) is 7.05. The van der Waals surface area contributed by atoms with Gasteiger partial charge in [0, 0.05) is 0 Å². The maximum atomic E-state index is 2.37. The fourth-order valence-corrected chi connectivity index (χ4v) is 3.27. The SMILES string of the molecule is CCCc1ccc(-c2ccc(C)cc2)cc1-c1cc(C)ccc1C. The van der Waals surface area contributed by atoms with Gasteiger partial charge in [0.2, 0.25) is 0 Å². The molecule has 0 unspecified atom stereocenters. The molecule has 0 fully saturated rings. The molecule has 3 aromatic carbocycles. The Hall–Kier alpha value is -2.34. The number of hydrogen-bond donors (Lipinski definition) is 0. The Bertz CT molecular complexity index is 838. The highest BCUT2D eigenvalue weighted by molar-refractivity contribution is 5.77. The zero-order valence-electron chi connectivity index (χ0n) is 15.2. The van der Waals surface area contributed by atoms with Crippen LogP contribution >= 0.6 is 0 Å². The van der Waals surface area contributed by atoms with Crippen molar-refractivity contribution in [2.45, 2.75) is 40.5 Å². The smallest absolute Gasteiger partial charge is 0.0143 e. The molecule has 0 heterocycles. The standard InChI is InChI=1S/C24H26/c1-5-6-21-13-14-22(20-11-8-17(2)9-12-20)16-24(21)23-15-18(3)7-10-19(23)4/h7-16H,5-6H2,1-4H3. The van der Waals surface area contributed by atoms with Gasteiger partial charge in [0.15, 0.2) is 0 Å². The molecule has 0 aliphatic rings. The van der Waals surface area contributed by atoms with Gasteiger partial charge in [0.1, 0.15) is 0 Å². The van der Waals surface area contributed by atoms with Gasteiger partial charge in [-0.1, -0.05) is 79.1 Å². The third kappa shape index (κ3) is 3.43. The van der Waals surface area contributed by atoms with E-state index in [9.17, 15) is 0 Å². The summed E-state index contributed by atoms with van der Waals surface area (Å²) in [6.45, 7) is 8.77. The minimum absolute atomic E-state index is 1.12. The summed E-state index contributed by atoms with van der Waals surface area (Å²) in [6, 6.07) is 22.5. The van der Waals surface area contributed by atoms with Gasteiger partial charge >= 0.3 is 0 Å². The summed E-state index contributed by atoms with van der Waals surface area (Å²) < 4.78 is 0. The molecule has 0 nitrogen and oxygen atoms in total. The molecule has 0 atom stereocenters. The predicted octanol–water partition coefficient (Wildman–Crippen LogP) is 6.90. The molecule has 0 spiro atoms. The molecule has 122 valence electrons. The molecule has 0 radical (unpaired) electrons. The van der Waals surface area contributed by atoms with Gasteiger partial charge in [0.05, 0.1) is 0 Å². The maximum Gasteiger partial charge on any atom is -0.0143 e. The minimum atomic E-state index is 1.12. The first-order valence-corrected chi connectivity index (χ1v) is 8.86. The van der Waals surface area contributed by atoms with Gasteiger partial charge in [-0.05, 0) is 66.6 Å². The van der Waals surface area contributed by atoms with Gasteiger partial charge < -0.3 is 0 Å². The van der Waals surface area contributed by atoms with Crippen molar-refractivity contribution >= 4 is 0 Å². The van der Waals surface area contributed by atoms with Gasteiger partial charge in [-0.3, -0.25) is 0 Å². The molecule has 0 aromatic heterocycles. The molecule has 3 rings (SSSR count). The van der Waals surface area contributed by atoms with Gasteiger partial charge in [-0.25, -0.2) is 0 Å². The van der Waals surface area contributed by atoms with Crippen LogP contribution in [0, 0.1) is 20.8 Å². The number of aryl methyl sites for hydroxylation is 4. The van der Waals surface area contributed by atoms with Crippen molar-refractivity contribution in [3.05, 3.63) is 82.9 Å². The molecule has 0 bridgehead atoms. The largest absolute Gasteiger partial charge is 0.0651 e. The summed E-state index contributed by atoms with van der Waals surface area (Å²) >= 11 is 0. The highest BCUT2D eigenvalue weighted by Gasteiger charge is 2.10. The maximum absolute atomic E-state index is 2.37. The van der Waals surface area contributed by atoms with E-state index in [1.54, 1.807) is 0 Å². The molecule has 3 aromatic rings. The highest BCUT2D eigenvalue weighted by Crippen LogP contribution is 2.33. The Morgan fingerprint density at radius 3 is 2.00 bits per heavy atom. The lowest BCUT2D eigenvalue weighted by molar-refractivity contribution is 0.923. The molecule has 0 aliphatic heterocycles. The van der Waals surface area contributed by atoms with Crippen LogP contribution in [-0.4, -0.2) is 0 Å². The minimum Gasteiger partial charge on any atom is -0.0651 e. The average Bonchev–Trinajstić information content (AvgIpc) is 2.58. The zero-order valence-corrected chi connectivity index (χ0v) is 15.2. The van der Waals surface area contributed by atoms with Crippen molar-refractivity contribution in [2.24, 2.45) is 0 Å². The topological polar surface area (TPSA) is 0 Å². The molecule has 0 amide bonds. The van der Waals surface area contributed by atoms with E-state index in [2.05, 4.69) is 88.4 Å². The highest BCUT2D eigenvalue weighted by atomic mass is 14.1. The van der Waals surface area contributed by atoms with E-state index in [-0.39, 0.29) is 0 Å². The molecule has 24 heavy (non-hydrogen) atoms. The predicted molar refractivity (Wildman–Crippen MR) is 106 cm³/mol. The van der Waals surface area contributed by atoms with Crippen molar-refractivity contribution in [1.29, 1.82) is 0 Å². The monoisotopic (exact) mass is 314 g/mol. The number of rotatable bonds is 4. The first-order chi connectivity index (χ1) is 11.6. The summed E-state index contributed by atoms with van der Waals surface area (Å²) in [5, 5.41) is 0. The van der Waals surface area contributed by atoms with Gasteiger partial charge in [-0.15, -0.1) is 0 Å². The Kier molecular flexibility index (Phi) is 4.85. The fraction of sp³-hybridized carbons (Fsp3) is 0.250. The van der Waals surface area contributed by atoms with E-state index in [0.717, 1.165) is 6.42 Å².